The number of likely N-dealkylation sites (N-methyl/N-ethyl adjacent to an activating group) is 1. The van der Waals surface area contributed by atoms with Crippen molar-refractivity contribution in [3.63, 3.8) is 0 Å². The molecule has 2 amide bonds. The molecule has 2 heterocycles. The van der Waals surface area contributed by atoms with Gasteiger partial charge in [-0.1, -0.05) is 37.5 Å². The van der Waals surface area contributed by atoms with Gasteiger partial charge in [-0.25, -0.2) is 0 Å². The fourth-order valence-electron chi connectivity index (χ4n) is 4.35. The van der Waals surface area contributed by atoms with E-state index in [1.54, 1.807) is 9.80 Å². The van der Waals surface area contributed by atoms with Gasteiger partial charge in [-0.15, -0.1) is 0 Å². The van der Waals surface area contributed by atoms with Crippen molar-refractivity contribution in [2.24, 2.45) is 5.92 Å². The summed E-state index contributed by atoms with van der Waals surface area (Å²) in [6.07, 6.45) is 5.75. The zero-order chi connectivity index (χ0) is 16.8. The number of fused-ring (bicyclic) bond motifs is 1. The third-order valence-electron chi connectivity index (χ3n) is 5.51. The summed E-state index contributed by atoms with van der Waals surface area (Å²) in [5, 5.41) is 0. The van der Waals surface area contributed by atoms with Gasteiger partial charge >= 0.3 is 0 Å². The van der Waals surface area contributed by atoms with Crippen LogP contribution in [-0.4, -0.2) is 23.8 Å². The highest BCUT2D eigenvalue weighted by Crippen LogP contribution is 2.45. The van der Waals surface area contributed by atoms with Crippen molar-refractivity contribution in [2.45, 2.75) is 39.0 Å². The number of nitrogens with zero attached hydrogens (tertiary/aromatic N) is 2. The Bertz CT molecular complexity index is 770. The first-order chi connectivity index (χ1) is 11.6. The highest BCUT2D eigenvalue weighted by Gasteiger charge is 2.47. The number of carbonyl (C=O) groups is 2. The van der Waals surface area contributed by atoms with Gasteiger partial charge in [0.25, 0.3) is 11.8 Å². The summed E-state index contributed by atoms with van der Waals surface area (Å²) in [5.41, 5.74) is 3.79. The number of benzene rings is 1. The van der Waals surface area contributed by atoms with Crippen molar-refractivity contribution in [3.8, 4) is 0 Å². The van der Waals surface area contributed by atoms with Crippen LogP contribution in [0.4, 0.5) is 5.69 Å². The first-order valence-corrected chi connectivity index (χ1v) is 8.74. The van der Waals surface area contributed by atoms with E-state index in [0.717, 1.165) is 29.9 Å². The van der Waals surface area contributed by atoms with Crippen LogP contribution in [0.15, 0.2) is 52.9 Å². The van der Waals surface area contributed by atoms with Gasteiger partial charge in [0, 0.05) is 30.0 Å². The minimum atomic E-state index is -0.0491. The summed E-state index contributed by atoms with van der Waals surface area (Å²) in [4.78, 5) is 29.4. The summed E-state index contributed by atoms with van der Waals surface area (Å²) in [6, 6.07) is 9.59. The molecule has 124 valence electrons. The molecule has 4 rings (SSSR count). The van der Waals surface area contributed by atoms with Crippen molar-refractivity contribution >= 4 is 17.5 Å². The Morgan fingerprint density at radius 3 is 2.25 bits per heavy atom. The quantitative estimate of drug-likeness (QED) is 0.834. The molecule has 1 aromatic carbocycles. The standard InChI is InChI=1S/C20H22N2O2/c1-13-16-17(20(24)22(13)15-11-7-4-8-12-15)18(21(2)19(16)23)14-9-5-3-6-10-14/h4,7-8,11-12,14H,3,5-6,9-10H2,1-2H3. The van der Waals surface area contributed by atoms with E-state index in [-0.39, 0.29) is 11.8 Å². The largest absolute Gasteiger partial charge is 0.314 e. The maximum absolute atomic E-state index is 13.2. The number of anilines is 1. The number of allylic oxidation sites excluding steroid dienone is 2. The first kappa shape index (κ1) is 15.2. The van der Waals surface area contributed by atoms with Crippen molar-refractivity contribution < 1.29 is 9.59 Å². The van der Waals surface area contributed by atoms with Crippen LogP contribution in [0, 0.1) is 5.92 Å². The van der Waals surface area contributed by atoms with Crippen LogP contribution < -0.4 is 4.90 Å². The molecule has 1 aromatic rings. The van der Waals surface area contributed by atoms with Gasteiger partial charge in [0.05, 0.1) is 11.1 Å². The molecule has 0 atom stereocenters. The van der Waals surface area contributed by atoms with E-state index < -0.39 is 0 Å². The van der Waals surface area contributed by atoms with E-state index in [4.69, 9.17) is 0 Å². The van der Waals surface area contributed by atoms with Crippen molar-refractivity contribution in [2.75, 3.05) is 11.9 Å². The Hall–Kier alpha value is -2.36. The topological polar surface area (TPSA) is 40.6 Å². The number of rotatable bonds is 2. The number of para-hydroxylation sites is 1. The van der Waals surface area contributed by atoms with Gasteiger partial charge in [-0.2, -0.15) is 0 Å². The molecule has 24 heavy (non-hydrogen) atoms. The second-order valence-electron chi connectivity index (χ2n) is 6.90. The summed E-state index contributed by atoms with van der Waals surface area (Å²) in [6.45, 7) is 1.88. The lowest BCUT2D eigenvalue weighted by molar-refractivity contribution is -0.123. The fraction of sp³-hybridized carbons (Fsp3) is 0.400. The molecule has 0 aromatic heterocycles. The van der Waals surface area contributed by atoms with Crippen molar-refractivity contribution in [1.29, 1.82) is 0 Å². The molecule has 0 bridgehead atoms. The smallest absolute Gasteiger partial charge is 0.265 e. The lowest BCUT2D eigenvalue weighted by atomic mass is 9.85. The Kier molecular flexibility index (Phi) is 3.56. The van der Waals surface area contributed by atoms with Crippen LogP contribution in [0.3, 0.4) is 0 Å². The molecule has 0 N–H and O–H groups in total. The van der Waals surface area contributed by atoms with Crippen LogP contribution in [-0.2, 0) is 9.59 Å². The lowest BCUT2D eigenvalue weighted by Crippen LogP contribution is -2.30. The van der Waals surface area contributed by atoms with Gasteiger partial charge in [-0.05, 0) is 31.9 Å². The van der Waals surface area contributed by atoms with Crippen LogP contribution in [0.25, 0.3) is 0 Å². The minimum Gasteiger partial charge on any atom is -0.314 e. The maximum Gasteiger partial charge on any atom is 0.265 e. The minimum absolute atomic E-state index is 0.0325. The summed E-state index contributed by atoms with van der Waals surface area (Å²) < 4.78 is 0. The maximum atomic E-state index is 13.2. The van der Waals surface area contributed by atoms with Crippen LogP contribution in [0.2, 0.25) is 0 Å². The average molecular weight is 322 g/mol. The second kappa shape index (κ2) is 5.62. The summed E-state index contributed by atoms with van der Waals surface area (Å²) >= 11 is 0. The molecule has 4 nitrogen and oxygen atoms in total. The normalized spacial score (nSPS) is 22.1. The SMILES string of the molecule is CC1=C2C(=O)N(C)C(C3CCCCC3)=C2C(=O)N1c1ccccc1. The number of amides is 2. The van der Waals surface area contributed by atoms with Gasteiger partial charge in [0.1, 0.15) is 0 Å². The Morgan fingerprint density at radius 2 is 1.58 bits per heavy atom. The van der Waals surface area contributed by atoms with Gasteiger partial charge < -0.3 is 4.90 Å². The van der Waals surface area contributed by atoms with E-state index >= 15 is 0 Å². The van der Waals surface area contributed by atoms with E-state index in [0.29, 0.717) is 17.1 Å². The molecule has 1 fully saturated rings. The van der Waals surface area contributed by atoms with Crippen molar-refractivity contribution in [1.82, 2.24) is 4.90 Å². The van der Waals surface area contributed by atoms with Crippen LogP contribution in [0.5, 0.6) is 0 Å². The average Bonchev–Trinajstić information content (AvgIpc) is 3.02. The van der Waals surface area contributed by atoms with E-state index in [2.05, 4.69) is 0 Å². The van der Waals surface area contributed by atoms with E-state index in [1.165, 1.54) is 19.3 Å². The Balaban J connectivity index is 1.83. The molecule has 2 aliphatic heterocycles. The molecule has 0 radical (unpaired) electrons. The van der Waals surface area contributed by atoms with E-state index in [1.807, 2.05) is 44.3 Å². The number of hydrogen-bond donors (Lipinski definition) is 0. The highest BCUT2D eigenvalue weighted by molar-refractivity contribution is 6.25. The molecule has 4 heteroatoms. The molecule has 1 saturated carbocycles. The molecule has 0 saturated heterocycles. The second-order valence-corrected chi connectivity index (χ2v) is 6.90. The van der Waals surface area contributed by atoms with Gasteiger partial charge in [-0.3, -0.25) is 14.5 Å². The zero-order valence-electron chi connectivity index (χ0n) is 14.2. The zero-order valence-corrected chi connectivity index (χ0v) is 14.2. The fourth-order valence-corrected chi connectivity index (χ4v) is 4.35. The van der Waals surface area contributed by atoms with Gasteiger partial charge in [0.2, 0.25) is 0 Å². The summed E-state index contributed by atoms with van der Waals surface area (Å²) in [7, 11) is 1.82. The molecule has 1 aliphatic carbocycles. The third kappa shape index (κ3) is 2.05. The predicted molar refractivity (Wildman–Crippen MR) is 93.0 cm³/mol. The molecule has 0 unspecified atom stereocenters. The lowest BCUT2D eigenvalue weighted by Gasteiger charge is -2.28. The monoisotopic (exact) mass is 322 g/mol. The molecule has 3 aliphatic rings. The number of hydrogen-bond acceptors (Lipinski definition) is 2. The van der Waals surface area contributed by atoms with E-state index in [9.17, 15) is 9.59 Å². The van der Waals surface area contributed by atoms with Gasteiger partial charge in [0.15, 0.2) is 0 Å². The Labute approximate surface area is 142 Å². The number of carbonyl (C=O) groups excluding carboxylic acids is 2. The first-order valence-electron chi connectivity index (χ1n) is 8.74. The third-order valence-corrected chi connectivity index (χ3v) is 5.51. The predicted octanol–water partition coefficient (Wildman–Crippen LogP) is 3.61. The van der Waals surface area contributed by atoms with Crippen LogP contribution in [0.1, 0.15) is 39.0 Å². The Morgan fingerprint density at radius 1 is 0.917 bits per heavy atom. The van der Waals surface area contributed by atoms with Crippen molar-refractivity contribution in [3.05, 3.63) is 52.9 Å². The molecular formula is C20H22N2O2. The highest BCUT2D eigenvalue weighted by atomic mass is 16.2. The summed E-state index contributed by atoms with van der Waals surface area (Å²) in [5.74, 6) is 0.245. The van der Waals surface area contributed by atoms with Crippen LogP contribution >= 0.6 is 0 Å². The molecular weight excluding hydrogens is 300 g/mol. The molecule has 0 spiro atoms.